The number of imidazole rings is 1. The van der Waals surface area contributed by atoms with Gasteiger partial charge in [-0.15, -0.1) is 0 Å². The maximum Gasteiger partial charge on any atom is 0.274 e. The van der Waals surface area contributed by atoms with Crippen LogP contribution in [0.1, 0.15) is 29.5 Å². The molecule has 3 N–H and O–H groups in total. The van der Waals surface area contributed by atoms with E-state index in [1.807, 2.05) is 0 Å². The Hall–Kier alpha value is -1.93. The zero-order chi connectivity index (χ0) is 17.3. The Morgan fingerprint density at radius 2 is 2.25 bits per heavy atom. The van der Waals surface area contributed by atoms with Crippen molar-refractivity contribution in [2.24, 2.45) is 5.92 Å². The second kappa shape index (κ2) is 6.52. The van der Waals surface area contributed by atoms with Crippen molar-refractivity contribution in [1.29, 1.82) is 0 Å². The fourth-order valence-electron chi connectivity index (χ4n) is 3.34. The van der Waals surface area contributed by atoms with E-state index in [0.29, 0.717) is 23.9 Å². The summed E-state index contributed by atoms with van der Waals surface area (Å²) in [7, 11) is 0. The summed E-state index contributed by atoms with van der Waals surface area (Å²) in [5.74, 6) is 0.361. The molecule has 2 saturated heterocycles. The summed E-state index contributed by atoms with van der Waals surface area (Å²) in [4.78, 5) is 34.7. The van der Waals surface area contributed by atoms with Crippen LogP contribution in [0.25, 0.3) is 0 Å². The molecular weight excluding hydrogens is 310 g/mol. The van der Waals surface area contributed by atoms with Crippen molar-refractivity contribution in [3.63, 3.8) is 0 Å². The Labute approximate surface area is 141 Å². The fourth-order valence-corrected chi connectivity index (χ4v) is 3.34. The lowest BCUT2D eigenvalue weighted by Gasteiger charge is -2.46. The Morgan fingerprint density at radius 1 is 1.50 bits per heavy atom. The summed E-state index contributed by atoms with van der Waals surface area (Å²) < 4.78 is 0. The van der Waals surface area contributed by atoms with E-state index in [9.17, 15) is 14.7 Å². The Morgan fingerprint density at radius 3 is 2.83 bits per heavy atom. The van der Waals surface area contributed by atoms with Crippen LogP contribution in [0, 0.1) is 12.8 Å². The lowest BCUT2D eigenvalue weighted by molar-refractivity contribution is -0.126. The van der Waals surface area contributed by atoms with Gasteiger partial charge in [-0.3, -0.25) is 14.5 Å². The molecule has 2 amide bonds. The highest BCUT2D eigenvalue weighted by Crippen LogP contribution is 2.22. The predicted molar refractivity (Wildman–Crippen MR) is 87.4 cm³/mol. The van der Waals surface area contributed by atoms with Crippen molar-refractivity contribution >= 4 is 11.8 Å². The van der Waals surface area contributed by atoms with Gasteiger partial charge in [0, 0.05) is 18.8 Å². The third-order valence-corrected chi connectivity index (χ3v) is 4.78. The number of nitrogens with zero attached hydrogens (tertiary/aromatic N) is 3. The molecule has 1 atom stereocenters. The Balaban J connectivity index is 1.42. The highest BCUT2D eigenvalue weighted by atomic mass is 16.3. The molecule has 0 aromatic carbocycles. The third-order valence-electron chi connectivity index (χ3n) is 4.78. The van der Waals surface area contributed by atoms with Crippen LogP contribution in [0.15, 0.2) is 6.33 Å². The minimum atomic E-state index is -1.05. The second-order valence-electron chi connectivity index (χ2n) is 7.17. The van der Waals surface area contributed by atoms with E-state index in [0.717, 1.165) is 19.5 Å². The highest BCUT2D eigenvalue weighted by molar-refractivity contribution is 5.94. The number of hydrogen-bond donors (Lipinski definition) is 3. The molecule has 1 aromatic heterocycles. The first-order valence-electron chi connectivity index (χ1n) is 8.37. The topological polar surface area (TPSA) is 102 Å². The number of aliphatic hydroxyl groups is 1. The summed E-state index contributed by atoms with van der Waals surface area (Å²) in [5, 5.41) is 13.2. The number of carbonyl (C=O) groups is 2. The molecule has 2 aliphatic rings. The van der Waals surface area contributed by atoms with Crippen LogP contribution >= 0.6 is 0 Å². The second-order valence-corrected chi connectivity index (χ2v) is 7.17. The lowest BCUT2D eigenvalue weighted by atomic mass is 9.93. The van der Waals surface area contributed by atoms with E-state index in [4.69, 9.17) is 0 Å². The zero-order valence-corrected chi connectivity index (χ0v) is 14.2. The number of nitrogens with one attached hydrogen (secondary N) is 2. The van der Waals surface area contributed by atoms with Gasteiger partial charge < -0.3 is 20.3 Å². The minimum Gasteiger partial charge on any atom is -0.384 e. The molecule has 132 valence electrons. The molecule has 3 rings (SSSR count). The van der Waals surface area contributed by atoms with Gasteiger partial charge >= 0.3 is 0 Å². The van der Waals surface area contributed by atoms with Crippen LogP contribution in [0.4, 0.5) is 0 Å². The molecule has 0 radical (unpaired) electrons. The summed E-state index contributed by atoms with van der Waals surface area (Å²) in [6.45, 7) is 6.81. The predicted octanol–water partition coefficient (Wildman–Crippen LogP) is -0.637. The molecule has 2 aliphatic heterocycles. The molecule has 24 heavy (non-hydrogen) atoms. The van der Waals surface area contributed by atoms with Crippen molar-refractivity contribution in [3.05, 3.63) is 17.7 Å². The summed E-state index contributed by atoms with van der Waals surface area (Å²) >= 11 is 0. The first kappa shape index (κ1) is 16.9. The van der Waals surface area contributed by atoms with Crippen LogP contribution in [0.5, 0.6) is 0 Å². The number of likely N-dealkylation sites (tertiary alicyclic amines) is 2. The van der Waals surface area contributed by atoms with E-state index < -0.39 is 5.60 Å². The molecule has 1 aromatic rings. The van der Waals surface area contributed by atoms with Crippen LogP contribution in [0.2, 0.25) is 0 Å². The zero-order valence-electron chi connectivity index (χ0n) is 14.2. The van der Waals surface area contributed by atoms with Gasteiger partial charge in [-0.05, 0) is 25.8 Å². The molecule has 8 nitrogen and oxygen atoms in total. The maximum atomic E-state index is 12.2. The monoisotopic (exact) mass is 335 g/mol. The van der Waals surface area contributed by atoms with Gasteiger partial charge in [0.2, 0.25) is 5.91 Å². The number of aryl methyl sites for hydroxylation is 1. The summed E-state index contributed by atoms with van der Waals surface area (Å²) in [6, 6.07) is 0. The number of aromatic nitrogens is 2. The smallest absolute Gasteiger partial charge is 0.274 e. The molecule has 3 heterocycles. The number of hydrogen-bond acceptors (Lipinski definition) is 5. The number of H-pyrrole nitrogens is 1. The van der Waals surface area contributed by atoms with Gasteiger partial charge in [0.05, 0.1) is 26.0 Å². The molecular formula is C16H25N5O3. The first-order valence-corrected chi connectivity index (χ1v) is 8.37. The molecule has 0 bridgehead atoms. The molecule has 1 unspecified atom stereocenters. The highest BCUT2D eigenvalue weighted by Gasteiger charge is 2.44. The normalized spacial score (nSPS) is 23.1. The van der Waals surface area contributed by atoms with E-state index in [1.54, 1.807) is 6.92 Å². The number of rotatable bonds is 5. The SMILES string of the molecule is Cc1[nH]cnc1C(=O)N1CC(O)(CNC(=O)CN2CCC(C)C2)C1. The standard InChI is InChI=1S/C16H25N5O3/c1-11-3-4-20(5-11)6-13(22)17-7-16(24)8-21(9-16)15(23)14-12(2)18-10-19-14/h10-11,24H,3-9H2,1-2H3,(H,17,22)(H,18,19). The number of amides is 2. The molecule has 0 aliphatic carbocycles. The number of β-amino-alcohol motifs (C(OH)–C–C–N with tert-alkyl or cyclic N) is 1. The van der Waals surface area contributed by atoms with Crippen LogP contribution in [0.3, 0.4) is 0 Å². The molecule has 8 heteroatoms. The van der Waals surface area contributed by atoms with E-state index >= 15 is 0 Å². The van der Waals surface area contributed by atoms with Crippen molar-refractivity contribution in [1.82, 2.24) is 25.1 Å². The number of carbonyl (C=O) groups excluding carboxylic acids is 2. The third kappa shape index (κ3) is 3.59. The Kier molecular flexibility index (Phi) is 4.60. The van der Waals surface area contributed by atoms with Gasteiger partial charge in [0.15, 0.2) is 0 Å². The van der Waals surface area contributed by atoms with E-state index in [2.05, 4.69) is 27.1 Å². The maximum absolute atomic E-state index is 12.2. The lowest BCUT2D eigenvalue weighted by Crippen LogP contribution is -2.67. The van der Waals surface area contributed by atoms with Crippen molar-refractivity contribution < 1.29 is 14.7 Å². The first-order chi connectivity index (χ1) is 11.4. The van der Waals surface area contributed by atoms with Gasteiger partial charge in [-0.1, -0.05) is 6.92 Å². The van der Waals surface area contributed by atoms with Crippen LogP contribution in [-0.2, 0) is 4.79 Å². The fraction of sp³-hybridized carbons (Fsp3) is 0.688. The van der Waals surface area contributed by atoms with Gasteiger partial charge in [-0.2, -0.15) is 0 Å². The largest absolute Gasteiger partial charge is 0.384 e. The quantitative estimate of drug-likeness (QED) is 0.665. The summed E-state index contributed by atoms with van der Waals surface area (Å²) in [6.07, 6.45) is 2.61. The van der Waals surface area contributed by atoms with Crippen molar-refractivity contribution in [3.8, 4) is 0 Å². The van der Waals surface area contributed by atoms with Gasteiger partial charge in [-0.25, -0.2) is 4.98 Å². The van der Waals surface area contributed by atoms with Gasteiger partial charge in [0.25, 0.3) is 5.91 Å². The average Bonchev–Trinajstić information content (AvgIpc) is 3.10. The van der Waals surface area contributed by atoms with Gasteiger partial charge in [0.1, 0.15) is 11.3 Å². The Bertz CT molecular complexity index is 623. The molecule has 2 fully saturated rings. The van der Waals surface area contributed by atoms with Crippen molar-refractivity contribution in [2.45, 2.75) is 25.9 Å². The van der Waals surface area contributed by atoms with E-state index in [-0.39, 0.29) is 31.4 Å². The van der Waals surface area contributed by atoms with Crippen molar-refractivity contribution in [2.75, 3.05) is 39.3 Å². The van der Waals surface area contributed by atoms with E-state index in [1.165, 1.54) is 11.2 Å². The molecule has 0 saturated carbocycles. The van der Waals surface area contributed by atoms with Crippen LogP contribution < -0.4 is 5.32 Å². The minimum absolute atomic E-state index is 0.0783. The van der Waals surface area contributed by atoms with Crippen LogP contribution in [-0.4, -0.2) is 81.6 Å². The number of aromatic amines is 1. The average molecular weight is 335 g/mol. The summed E-state index contributed by atoms with van der Waals surface area (Å²) in [5.41, 5.74) is 0.0428. The molecule has 0 spiro atoms.